The SMILES string of the molecule is COc1cc(C(=O)N2CCCCC[C@@H]2CC(=O)c2ccccc2)on1. The predicted octanol–water partition coefficient (Wildman–Crippen LogP) is 3.34. The fourth-order valence-corrected chi connectivity index (χ4v) is 3.21. The summed E-state index contributed by atoms with van der Waals surface area (Å²) in [6, 6.07) is 10.6. The first-order valence-electron chi connectivity index (χ1n) is 8.59. The number of rotatable bonds is 5. The Bertz CT molecular complexity index is 726. The first-order chi connectivity index (χ1) is 12.2. The van der Waals surface area contributed by atoms with Crippen molar-refractivity contribution in [1.82, 2.24) is 10.1 Å². The Morgan fingerprint density at radius 2 is 2.04 bits per heavy atom. The molecular formula is C19H22N2O4. The predicted molar refractivity (Wildman–Crippen MR) is 91.7 cm³/mol. The molecule has 0 saturated carbocycles. The molecule has 132 valence electrons. The Labute approximate surface area is 146 Å². The normalized spacial score (nSPS) is 17.8. The molecule has 0 unspecified atom stereocenters. The summed E-state index contributed by atoms with van der Waals surface area (Å²) < 4.78 is 10.1. The summed E-state index contributed by atoms with van der Waals surface area (Å²) in [7, 11) is 1.47. The van der Waals surface area contributed by atoms with E-state index >= 15 is 0 Å². The number of hydrogen-bond donors (Lipinski definition) is 0. The molecule has 1 saturated heterocycles. The molecule has 1 atom stereocenters. The van der Waals surface area contributed by atoms with E-state index < -0.39 is 0 Å². The van der Waals surface area contributed by atoms with Gasteiger partial charge in [0.05, 0.1) is 13.2 Å². The van der Waals surface area contributed by atoms with E-state index in [0.29, 0.717) is 18.5 Å². The molecule has 3 rings (SSSR count). The highest BCUT2D eigenvalue weighted by Gasteiger charge is 2.30. The summed E-state index contributed by atoms with van der Waals surface area (Å²) in [6.07, 6.45) is 4.12. The minimum atomic E-state index is -0.233. The van der Waals surface area contributed by atoms with Crippen molar-refractivity contribution in [2.24, 2.45) is 0 Å². The lowest BCUT2D eigenvalue weighted by Gasteiger charge is -2.28. The van der Waals surface area contributed by atoms with Crippen LogP contribution in [0.3, 0.4) is 0 Å². The number of nitrogens with zero attached hydrogens (tertiary/aromatic N) is 2. The van der Waals surface area contributed by atoms with E-state index in [2.05, 4.69) is 5.16 Å². The molecule has 0 spiro atoms. The lowest BCUT2D eigenvalue weighted by Crippen LogP contribution is -2.41. The molecule has 6 heteroatoms. The fourth-order valence-electron chi connectivity index (χ4n) is 3.21. The summed E-state index contributed by atoms with van der Waals surface area (Å²) in [5, 5.41) is 3.70. The minimum Gasteiger partial charge on any atom is -0.479 e. The van der Waals surface area contributed by atoms with Gasteiger partial charge >= 0.3 is 0 Å². The van der Waals surface area contributed by atoms with Gasteiger partial charge in [-0.2, -0.15) is 0 Å². The Hall–Kier alpha value is -2.63. The van der Waals surface area contributed by atoms with Crippen LogP contribution in [0.4, 0.5) is 0 Å². The van der Waals surface area contributed by atoms with Crippen LogP contribution in [0.15, 0.2) is 40.9 Å². The first kappa shape index (κ1) is 17.2. The van der Waals surface area contributed by atoms with Gasteiger partial charge in [-0.1, -0.05) is 43.2 Å². The maximum atomic E-state index is 12.8. The molecule has 2 heterocycles. The zero-order chi connectivity index (χ0) is 17.6. The van der Waals surface area contributed by atoms with Crippen LogP contribution in [0.2, 0.25) is 0 Å². The Morgan fingerprint density at radius 1 is 1.24 bits per heavy atom. The zero-order valence-electron chi connectivity index (χ0n) is 14.3. The molecule has 0 aliphatic carbocycles. The van der Waals surface area contributed by atoms with E-state index in [0.717, 1.165) is 25.7 Å². The number of likely N-dealkylation sites (tertiary alicyclic amines) is 1. The third kappa shape index (κ3) is 4.07. The molecule has 1 aromatic heterocycles. The summed E-state index contributed by atoms with van der Waals surface area (Å²) in [5.74, 6) is 0.245. The lowest BCUT2D eigenvalue weighted by molar-refractivity contribution is 0.0620. The summed E-state index contributed by atoms with van der Waals surface area (Å²) >= 11 is 0. The fraction of sp³-hybridized carbons (Fsp3) is 0.421. The minimum absolute atomic E-state index is 0.0560. The molecule has 6 nitrogen and oxygen atoms in total. The van der Waals surface area contributed by atoms with E-state index in [1.807, 2.05) is 30.3 Å². The molecule has 25 heavy (non-hydrogen) atoms. The molecule has 2 aromatic rings. The number of benzene rings is 1. The van der Waals surface area contributed by atoms with Crippen molar-refractivity contribution in [3.05, 3.63) is 47.7 Å². The van der Waals surface area contributed by atoms with Gasteiger partial charge in [-0.25, -0.2) is 0 Å². The van der Waals surface area contributed by atoms with Crippen molar-refractivity contribution < 1.29 is 18.8 Å². The molecule has 0 radical (unpaired) electrons. The highest BCUT2D eigenvalue weighted by Crippen LogP contribution is 2.24. The third-order valence-electron chi connectivity index (χ3n) is 4.56. The Balaban J connectivity index is 1.77. The number of Topliss-reactive ketones (excluding diaryl/α,β-unsaturated/α-hetero) is 1. The standard InChI is InChI=1S/C19H22N2O4/c1-24-18-13-17(25-20-18)19(23)21-11-7-3-6-10-15(21)12-16(22)14-8-4-2-5-9-14/h2,4-5,8-9,13,15H,3,6-7,10-12H2,1H3/t15-/m1/s1. The van der Waals surface area contributed by atoms with Gasteiger partial charge in [0, 0.05) is 24.6 Å². The Kier molecular flexibility index (Phi) is 5.48. The largest absolute Gasteiger partial charge is 0.479 e. The van der Waals surface area contributed by atoms with Gasteiger partial charge in [0.1, 0.15) is 0 Å². The molecule has 1 aliphatic rings. The number of carbonyl (C=O) groups excluding carboxylic acids is 2. The number of aromatic nitrogens is 1. The van der Waals surface area contributed by atoms with Crippen LogP contribution < -0.4 is 4.74 Å². The van der Waals surface area contributed by atoms with Gasteiger partial charge in [-0.15, -0.1) is 0 Å². The lowest BCUT2D eigenvalue weighted by atomic mass is 9.99. The molecular weight excluding hydrogens is 320 g/mol. The molecule has 1 aromatic carbocycles. The van der Waals surface area contributed by atoms with Crippen molar-refractivity contribution >= 4 is 11.7 Å². The molecule has 0 N–H and O–H groups in total. The number of ketones is 1. The van der Waals surface area contributed by atoms with Gasteiger partial charge in [0.2, 0.25) is 5.76 Å². The second-order valence-corrected chi connectivity index (χ2v) is 6.23. The smallest absolute Gasteiger partial charge is 0.292 e. The first-order valence-corrected chi connectivity index (χ1v) is 8.59. The van der Waals surface area contributed by atoms with E-state index in [1.165, 1.54) is 13.2 Å². The molecule has 0 bridgehead atoms. The van der Waals surface area contributed by atoms with Crippen LogP contribution in [-0.2, 0) is 0 Å². The van der Waals surface area contributed by atoms with Crippen LogP contribution in [0.5, 0.6) is 5.88 Å². The average Bonchev–Trinajstić information content (AvgIpc) is 3.02. The number of methoxy groups -OCH3 is 1. The van der Waals surface area contributed by atoms with Crippen LogP contribution in [0.1, 0.15) is 53.0 Å². The van der Waals surface area contributed by atoms with Crippen LogP contribution in [0, 0.1) is 0 Å². The second kappa shape index (κ2) is 7.96. The monoisotopic (exact) mass is 342 g/mol. The topological polar surface area (TPSA) is 72.6 Å². The molecule has 1 fully saturated rings. The van der Waals surface area contributed by atoms with Crippen molar-refractivity contribution in [1.29, 1.82) is 0 Å². The van der Waals surface area contributed by atoms with Crippen molar-refractivity contribution in [2.45, 2.75) is 38.1 Å². The third-order valence-corrected chi connectivity index (χ3v) is 4.56. The van der Waals surface area contributed by atoms with E-state index in [9.17, 15) is 9.59 Å². The van der Waals surface area contributed by atoms with Gasteiger partial charge in [-0.3, -0.25) is 9.59 Å². The summed E-state index contributed by atoms with van der Waals surface area (Å²) in [4.78, 5) is 27.2. The highest BCUT2D eigenvalue weighted by molar-refractivity contribution is 5.97. The van der Waals surface area contributed by atoms with Gasteiger partial charge in [0.25, 0.3) is 11.8 Å². The van der Waals surface area contributed by atoms with Gasteiger partial charge in [-0.05, 0) is 18.0 Å². The average molecular weight is 342 g/mol. The molecule has 1 aliphatic heterocycles. The number of ether oxygens (including phenoxy) is 1. The van der Waals surface area contributed by atoms with Crippen LogP contribution in [-0.4, -0.2) is 41.4 Å². The Morgan fingerprint density at radius 3 is 2.76 bits per heavy atom. The van der Waals surface area contributed by atoms with Gasteiger partial charge in [0.15, 0.2) is 5.78 Å². The summed E-state index contributed by atoms with van der Waals surface area (Å²) in [5.41, 5.74) is 0.681. The summed E-state index contributed by atoms with van der Waals surface area (Å²) in [6.45, 7) is 0.620. The number of carbonyl (C=O) groups is 2. The molecule has 1 amide bonds. The van der Waals surface area contributed by atoms with Crippen LogP contribution >= 0.6 is 0 Å². The quantitative estimate of drug-likeness (QED) is 0.779. The highest BCUT2D eigenvalue weighted by atomic mass is 16.5. The maximum absolute atomic E-state index is 12.8. The number of amides is 1. The maximum Gasteiger partial charge on any atom is 0.292 e. The second-order valence-electron chi connectivity index (χ2n) is 6.23. The van der Waals surface area contributed by atoms with Crippen molar-refractivity contribution in [3.8, 4) is 5.88 Å². The van der Waals surface area contributed by atoms with E-state index in [1.54, 1.807) is 4.90 Å². The number of hydrogen-bond acceptors (Lipinski definition) is 5. The van der Waals surface area contributed by atoms with Gasteiger partial charge < -0.3 is 14.2 Å². The zero-order valence-corrected chi connectivity index (χ0v) is 14.3. The van der Waals surface area contributed by atoms with E-state index in [4.69, 9.17) is 9.26 Å². The van der Waals surface area contributed by atoms with E-state index in [-0.39, 0.29) is 29.4 Å². The van der Waals surface area contributed by atoms with Crippen LogP contribution in [0.25, 0.3) is 0 Å². The van der Waals surface area contributed by atoms with Crippen molar-refractivity contribution in [3.63, 3.8) is 0 Å². The van der Waals surface area contributed by atoms with Crippen molar-refractivity contribution in [2.75, 3.05) is 13.7 Å².